The lowest BCUT2D eigenvalue weighted by Gasteiger charge is -2.31. The Morgan fingerprint density at radius 2 is 1.81 bits per heavy atom. The molecule has 0 spiro atoms. The van der Waals surface area contributed by atoms with Crippen molar-refractivity contribution in [3.63, 3.8) is 0 Å². The van der Waals surface area contributed by atoms with Crippen molar-refractivity contribution >= 4 is 45.5 Å². The second kappa shape index (κ2) is 10.2. The summed E-state index contributed by atoms with van der Waals surface area (Å²) in [7, 11) is -0.652. The summed E-state index contributed by atoms with van der Waals surface area (Å²) in [5.41, 5.74) is 1.26. The van der Waals surface area contributed by atoms with Crippen LogP contribution in [0.2, 0.25) is 0 Å². The maximum atomic E-state index is 15.9. The van der Waals surface area contributed by atoms with Crippen LogP contribution in [-0.2, 0) is 20.2 Å². The molecular formula is C25H30FN3O6S. The van der Waals surface area contributed by atoms with Gasteiger partial charge in [-0.2, -0.15) is 0 Å². The standard InChI is InChI=1S/C25H30FN3O6S/c1-25(2,3)17-14-19(29-12-11-21(30)27-24(29)31)22(26)16(23(17)35-5)9-7-15-8-10-18(20(13-15)34-4)28-36(6,32)33/h7-10,13-14,28H,11-12H2,1-6H3,(H,27,30,31)/b9-7+. The number of rotatable bonds is 7. The zero-order valence-corrected chi connectivity index (χ0v) is 21.9. The van der Waals surface area contributed by atoms with Gasteiger partial charge in [0.1, 0.15) is 11.5 Å². The molecule has 0 aliphatic carbocycles. The van der Waals surface area contributed by atoms with Gasteiger partial charge in [0.05, 0.1) is 37.4 Å². The Bertz CT molecular complexity index is 1330. The quantitative estimate of drug-likeness (QED) is 0.532. The molecule has 1 aliphatic rings. The number of ether oxygens (including phenoxy) is 2. The van der Waals surface area contributed by atoms with Gasteiger partial charge in [0.25, 0.3) is 0 Å². The van der Waals surface area contributed by atoms with Crippen molar-refractivity contribution in [2.24, 2.45) is 0 Å². The van der Waals surface area contributed by atoms with Crippen molar-refractivity contribution in [2.75, 3.05) is 36.6 Å². The van der Waals surface area contributed by atoms with Crippen LogP contribution in [0.5, 0.6) is 11.5 Å². The highest BCUT2D eigenvalue weighted by Crippen LogP contribution is 2.41. The number of nitrogens with one attached hydrogen (secondary N) is 2. The lowest BCUT2D eigenvalue weighted by Crippen LogP contribution is -2.50. The van der Waals surface area contributed by atoms with Crippen molar-refractivity contribution in [1.82, 2.24) is 5.32 Å². The Morgan fingerprint density at radius 1 is 1.11 bits per heavy atom. The fraction of sp³-hybridized carbons (Fsp3) is 0.360. The van der Waals surface area contributed by atoms with Gasteiger partial charge < -0.3 is 9.47 Å². The Balaban J connectivity index is 2.13. The number of imide groups is 1. The summed E-state index contributed by atoms with van der Waals surface area (Å²) < 4.78 is 52.4. The largest absolute Gasteiger partial charge is 0.496 e. The number of halogens is 1. The number of urea groups is 1. The fourth-order valence-electron chi connectivity index (χ4n) is 3.84. The summed E-state index contributed by atoms with van der Waals surface area (Å²) in [5.74, 6) is -0.489. The molecule has 1 heterocycles. The molecule has 36 heavy (non-hydrogen) atoms. The topological polar surface area (TPSA) is 114 Å². The summed E-state index contributed by atoms with van der Waals surface area (Å²) in [6, 6.07) is 5.68. The zero-order chi connectivity index (χ0) is 26.8. The zero-order valence-electron chi connectivity index (χ0n) is 21.1. The Morgan fingerprint density at radius 3 is 2.36 bits per heavy atom. The third-order valence-electron chi connectivity index (χ3n) is 5.55. The molecule has 0 aromatic heterocycles. The third-order valence-corrected chi connectivity index (χ3v) is 6.14. The summed E-state index contributed by atoms with van der Waals surface area (Å²) in [6.45, 7) is 5.88. The van der Waals surface area contributed by atoms with Gasteiger partial charge in [-0.3, -0.25) is 19.7 Å². The molecule has 1 saturated heterocycles. The van der Waals surface area contributed by atoms with Gasteiger partial charge in [-0.1, -0.05) is 32.9 Å². The highest BCUT2D eigenvalue weighted by atomic mass is 32.2. The van der Waals surface area contributed by atoms with Crippen LogP contribution in [0.3, 0.4) is 0 Å². The number of benzene rings is 2. The Labute approximate surface area is 210 Å². The average Bonchev–Trinajstić information content (AvgIpc) is 2.77. The molecule has 2 N–H and O–H groups in total. The normalized spacial score (nSPS) is 14.7. The first-order chi connectivity index (χ1) is 16.7. The first kappa shape index (κ1) is 27.0. The van der Waals surface area contributed by atoms with Crippen molar-refractivity contribution in [3.05, 3.63) is 46.8 Å². The molecular weight excluding hydrogens is 489 g/mol. The summed E-state index contributed by atoms with van der Waals surface area (Å²) in [6.07, 6.45) is 4.25. The Kier molecular flexibility index (Phi) is 7.63. The van der Waals surface area contributed by atoms with Crippen molar-refractivity contribution < 1.29 is 31.9 Å². The van der Waals surface area contributed by atoms with Gasteiger partial charge in [-0.15, -0.1) is 0 Å². The maximum absolute atomic E-state index is 15.9. The minimum Gasteiger partial charge on any atom is -0.496 e. The molecule has 0 saturated carbocycles. The van der Waals surface area contributed by atoms with Gasteiger partial charge in [0, 0.05) is 18.5 Å². The number of carbonyl (C=O) groups excluding carboxylic acids is 2. The van der Waals surface area contributed by atoms with E-state index >= 15 is 4.39 Å². The average molecular weight is 520 g/mol. The molecule has 1 fully saturated rings. The van der Waals surface area contributed by atoms with E-state index in [0.29, 0.717) is 16.9 Å². The van der Waals surface area contributed by atoms with Crippen LogP contribution in [0.15, 0.2) is 24.3 Å². The van der Waals surface area contributed by atoms with E-state index in [1.807, 2.05) is 20.8 Å². The molecule has 2 aromatic rings. The summed E-state index contributed by atoms with van der Waals surface area (Å²) >= 11 is 0. The molecule has 0 radical (unpaired) electrons. The van der Waals surface area contributed by atoms with Crippen LogP contribution in [0.25, 0.3) is 12.2 Å². The first-order valence-corrected chi connectivity index (χ1v) is 13.0. The van der Waals surface area contributed by atoms with Crippen LogP contribution in [0.4, 0.5) is 20.6 Å². The molecule has 0 atom stereocenters. The maximum Gasteiger partial charge on any atom is 0.328 e. The smallest absolute Gasteiger partial charge is 0.328 e. The van der Waals surface area contributed by atoms with Crippen LogP contribution in [-0.4, -0.2) is 47.4 Å². The monoisotopic (exact) mass is 519 g/mol. The number of sulfonamides is 1. The minimum atomic E-state index is -3.51. The highest BCUT2D eigenvalue weighted by Gasteiger charge is 2.31. The van der Waals surface area contributed by atoms with Gasteiger partial charge >= 0.3 is 6.03 Å². The van der Waals surface area contributed by atoms with E-state index < -0.39 is 33.2 Å². The SMILES string of the molecule is COc1cc(/C=C/c2c(F)c(N3CCC(=O)NC3=O)cc(C(C)(C)C)c2OC)ccc1NS(C)(=O)=O. The second-order valence-electron chi connectivity index (χ2n) is 9.38. The van der Waals surface area contributed by atoms with Crippen LogP contribution >= 0.6 is 0 Å². The van der Waals surface area contributed by atoms with Crippen LogP contribution in [0.1, 0.15) is 43.9 Å². The van der Waals surface area contributed by atoms with Crippen molar-refractivity contribution in [3.8, 4) is 11.5 Å². The van der Waals surface area contributed by atoms with E-state index in [4.69, 9.17) is 9.47 Å². The predicted octanol–water partition coefficient (Wildman–Crippen LogP) is 4.13. The third kappa shape index (κ3) is 5.96. The van der Waals surface area contributed by atoms with E-state index in [9.17, 15) is 18.0 Å². The van der Waals surface area contributed by atoms with Gasteiger partial charge in [-0.25, -0.2) is 17.6 Å². The van der Waals surface area contributed by atoms with E-state index in [1.54, 1.807) is 30.3 Å². The predicted molar refractivity (Wildman–Crippen MR) is 138 cm³/mol. The highest BCUT2D eigenvalue weighted by molar-refractivity contribution is 7.92. The van der Waals surface area contributed by atoms with E-state index in [1.165, 1.54) is 25.2 Å². The molecule has 1 aliphatic heterocycles. The molecule has 2 aromatic carbocycles. The molecule has 194 valence electrons. The number of anilines is 2. The summed E-state index contributed by atoms with van der Waals surface area (Å²) in [4.78, 5) is 25.3. The molecule has 0 unspecified atom stereocenters. The molecule has 9 nitrogen and oxygen atoms in total. The molecule has 3 amide bonds. The molecule has 11 heteroatoms. The van der Waals surface area contributed by atoms with Crippen LogP contribution < -0.4 is 24.4 Å². The van der Waals surface area contributed by atoms with Gasteiger partial charge in [-0.05, 0) is 35.3 Å². The van der Waals surface area contributed by atoms with Gasteiger partial charge in [0.2, 0.25) is 15.9 Å². The number of amides is 3. The first-order valence-electron chi connectivity index (χ1n) is 11.1. The second-order valence-corrected chi connectivity index (χ2v) is 11.1. The van der Waals surface area contributed by atoms with Crippen molar-refractivity contribution in [2.45, 2.75) is 32.6 Å². The van der Waals surface area contributed by atoms with E-state index in [2.05, 4.69) is 10.0 Å². The molecule has 3 rings (SSSR count). The number of carbonyl (C=O) groups is 2. The number of hydrogen-bond acceptors (Lipinski definition) is 6. The number of nitrogens with zero attached hydrogens (tertiary/aromatic N) is 1. The minimum absolute atomic E-state index is 0.0376. The lowest BCUT2D eigenvalue weighted by atomic mass is 9.84. The lowest BCUT2D eigenvalue weighted by molar-refractivity contribution is -0.120. The van der Waals surface area contributed by atoms with E-state index in [-0.39, 0.29) is 35.7 Å². The molecule has 0 bridgehead atoms. The van der Waals surface area contributed by atoms with Crippen molar-refractivity contribution in [1.29, 1.82) is 0 Å². The van der Waals surface area contributed by atoms with Crippen LogP contribution in [0, 0.1) is 5.82 Å². The number of methoxy groups -OCH3 is 2. The summed E-state index contributed by atoms with van der Waals surface area (Å²) in [5, 5.41) is 2.22. The Hall–Kier alpha value is -3.60. The number of hydrogen-bond donors (Lipinski definition) is 2. The van der Waals surface area contributed by atoms with Gasteiger partial charge in [0.15, 0.2) is 5.82 Å². The fourth-order valence-corrected chi connectivity index (χ4v) is 4.41. The van der Waals surface area contributed by atoms with E-state index in [0.717, 1.165) is 6.26 Å².